The summed E-state index contributed by atoms with van der Waals surface area (Å²) in [7, 11) is 1.73. The van der Waals surface area contributed by atoms with Gasteiger partial charge in [-0.3, -0.25) is 14.7 Å². The number of amides is 1. The summed E-state index contributed by atoms with van der Waals surface area (Å²) < 4.78 is 0. The number of hydrogen-bond acceptors (Lipinski definition) is 5. The Hall–Kier alpha value is -3.12. The fourth-order valence-electron chi connectivity index (χ4n) is 4.52. The molecule has 0 bridgehead atoms. The number of carbonyl (C=O) groups is 1. The zero-order valence-corrected chi connectivity index (χ0v) is 17.3. The Kier molecular flexibility index (Phi) is 6.14. The molecule has 1 aliphatic rings. The Morgan fingerprint density at radius 1 is 1.13 bits per heavy atom. The first-order valence-corrected chi connectivity index (χ1v) is 10.4. The molecule has 0 unspecified atom stereocenters. The van der Waals surface area contributed by atoms with Crippen LogP contribution in [0.3, 0.4) is 0 Å². The summed E-state index contributed by atoms with van der Waals surface area (Å²) in [5.41, 5.74) is 3.76. The van der Waals surface area contributed by atoms with E-state index in [-0.39, 0.29) is 5.91 Å². The normalized spacial score (nSPS) is 19.4. The van der Waals surface area contributed by atoms with Gasteiger partial charge in [-0.2, -0.15) is 0 Å². The van der Waals surface area contributed by atoms with Crippen molar-refractivity contribution in [2.45, 2.75) is 25.8 Å². The number of hydrogen-bond donors (Lipinski definition) is 1. The molecule has 3 heterocycles. The second kappa shape index (κ2) is 9.13. The Morgan fingerprint density at radius 2 is 1.93 bits per heavy atom. The van der Waals surface area contributed by atoms with E-state index in [0.29, 0.717) is 13.0 Å². The molecule has 2 aromatic heterocycles. The van der Waals surface area contributed by atoms with E-state index in [9.17, 15) is 4.79 Å². The minimum atomic E-state index is -0.479. The zero-order chi connectivity index (χ0) is 20.8. The summed E-state index contributed by atoms with van der Waals surface area (Å²) in [6.07, 6.45) is 9.54. The number of aromatic nitrogens is 3. The molecule has 6 nitrogen and oxygen atoms in total. The summed E-state index contributed by atoms with van der Waals surface area (Å²) in [6.45, 7) is 2.44. The van der Waals surface area contributed by atoms with Gasteiger partial charge in [0.15, 0.2) is 0 Å². The molecule has 6 heteroatoms. The van der Waals surface area contributed by atoms with Crippen molar-refractivity contribution in [3.8, 4) is 11.1 Å². The van der Waals surface area contributed by atoms with Crippen molar-refractivity contribution >= 4 is 5.91 Å². The topological polar surface area (TPSA) is 71.0 Å². The van der Waals surface area contributed by atoms with Crippen molar-refractivity contribution in [3.05, 3.63) is 78.6 Å². The highest BCUT2D eigenvalue weighted by Crippen LogP contribution is 2.37. The number of nitrogens with one attached hydrogen (secondary N) is 1. The zero-order valence-electron chi connectivity index (χ0n) is 17.3. The van der Waals surface area contributed by atoms with Crippen LogP contribution in [0.2, 0.25) is 0 Å². The highest BCUT2D eigenvalue weighted by Gasteiger charge is 2.42. The average molecular weight is 402 g/mol. The Bertz CT molecular complexity index is 979. The molecule has 1 fully saturated rings. The second-order valence-corrected chi connectivity index (χ2v) is 7.96. The first kappa shape index (κ1) is 20.2. The maximum Gasteiger partial charge on any atom is 0.227 e. The van der Waals surface area contributed by atoms with Crippen molar-refractivity contribution in [2.75, 3.05) is 20.1 Å². The quantitative estimate of drug-likeness (QED) is 0.687. The molecule has 0 radical (unpaired) electrons. The summed E-state index contributed by atoms with van der Waals surface area (Å²) in [6, 6.07) is 14.2. The van der Waals surface area contributed by atoms with Crippen molar-refractivity contribution < 1.29 is 4.79 Å². The van der Waals surface area contributed by atoms with E-state index in [4.69, 9.17) is 0 Å². The van der Waals surface area contributed by atoms with Crippen LogP contribution in [0.4, 0.5) is 0 Å². The number of benzene rings is 1. The van der Waals surface area contributed by atoms with Gasteiger partial charge in [0.05, 0.1) is 11.1 Å². The van der Waals surface area contributed by atoms with Crippen LogP contribution in [-0.2, 0) is 17.8 Å². The Balaban J connectivity index is 1.63. The van der Waals surface area contributed by atoms with Gasteiger partial charge in [0.2, 0.25) is 5.91 Å². The number of carbonyl (C=O) groups excluding carboxylic acids is 1. The molecule has 0 saturated carbocycles. The van der Waals surface area contributed by atoms with Gasteiger partial charge in [0, 0.05) is 44.3 Å². The van der Waals surface area contributed by atoms with E-state index >= 15 is 0 Å². The third-order valence-electron chi connectivity index (χ3n) is 5.89. The van der Waals surface area contributed by atoms with Crippen LogP contribution in [0.15, 0.2) is 67.4 Å². The minimum absolute atomic E-state index is 0.104. The van der Waals surface area contributed by atoms with Gasteiger partial charge in [0.1, 0.15) is 6.33 Å². The highest BCUT2D eigenvalue weighted by atomic mass is 16.2. The van der Waals surface area contributed by atoms with Crippen molar-refractivity contribution in [2.24, 2.45) is 5.41 Å². The predicted octanol–water partition coefficient (Wildman–Crippen LogP) is 3.11. The van der Waals surface area contributed by atoms with Crippen LogP contribution >= 0.6 is 0 Å². The number of pyridine rings is 1. The van der Waals surface area contributed by atoms with E-state index in [2.05, 4.69) is 37.3 Å². The van der Waals surface area contributed by atoms with E-state index in [1.165, 1.54) is 6.33 Å². The van der Waals surface area contributed by atoms with Crippen molar-refractivity contribution in [1.82, 2.24) is 25.2 Å². The van der Waals surface area contributed by atoms with Crippen LogP contribution in [0, 0.1) is 5.41 Å². The first-order chi connectivity index (χ1) is 14.7. The van der Waals surface area contributed by atoms with Crippen LogP contribution in [0.5, 0.6) is 0 Å². The van der Waals surface area contributed by atoms with Crippen LogP contribution in [0.1, 0.15) is 24.1 Å². The molecule has 4 rings (SSSR count). The number of rotatable bonds is 6. The molecule has 0 aliphatic carbocycles. The lowest BCUT2D eigenvalue weighted by Crippen LogP contribution is -2.52. The van der Waals surface area contributed by atoms with Gasteiger partial charge in [-0.05, 0) is 49.1 Å². The molecule has 1 N–H and O–H groups in total. The molecule has 154 valence electrons. The van der Waals surface area contributed by atoms with Gasteiger partial charge >= 0.3 is 0 Å². The van der Waals surface area contributed by atoms with Crippen molar-refractivity contribution in [3.63, 3.8) is 0 Å². The molecule has 3 aromatic rings. The SMILES string of the molecule is CNC(=O)[C@]1(Cc2ccccc2-c2cncnc2)CCCN(Cc2ccccn2)C1. The molecule has 1 saturated heterocycles. The van der Waals surface area contributed by atoms with Gasteiger partial charge in [0.25, 0.3) is 0 Å². The van der Waals surface area contributed by atoms with Crippen LogP contribution in [-0.4, -0.2) is 45.9 Å². The third kappa shape index (κ3) is 4.39. The number of likely N-dealkylation sites (tertiary alicyclic amines) is 1. The van der Waals surface area contributed by atoms with E-state index < -0.39 is 5.41 Å². The van der Waals surface area contributed by atoms with Gasteiger partial charge in [-0.1, -0.05) is 30.3 Å². The number of piperidine rings is 1. The lowest BCUT2D eigenvalue weighted by molar-refractivity contribution is -0.134. The molecular formula is C24H27N5O. The van der Waals surface area contributed by atoms with Crippen LogP contribution in [0.25, 0.3) is 11.1 Å². The summed E-state index contributed by atoms with van der Waals surface area (Å²) >= 11 is 0. The molecule has 1 aromatic carbocycles. The fraction of sp³-hybridized carbons (Fsp3) is 0.333. The summed E-state index contributed by atoms with van der Waals surface area (Å²) in [5.74, 6) is 0.104. The van der Waals surface area contributed by atoms with Gasteiger partial charge in [-0.15, -0.1) is 0 Å². The Morgan fingerprint density at radius 3 is 2.70 bits per heavy atom. The minimum Gasteiger partial charge on any atom is -0.359 e. The van der Waals surface area contributed by atoms with Gasteiger partial charge < -0.3 is 5.32 Å². The van der Waals surface area contributed by atoms with Crippen molar-refractivity contribution in [1.29, 1.82) is 0 Å². The van der Waals surface area contributed by atoms with Gasteiger partial charge in [-0.25, -0.2) is 9.97 Å². The molecule has 1 atom stereocenters. The average Bonchev–Trinajstić information content (AvgIpc) is 2.80. The lowest BCUT2D eigenvalue weighted by atomic mass is 9.73. The summed E-state index contributed by atoms with van der Waals surface area (Å²) in [4.78, 5) is 28.3. The largest absolute Gasteiger partial charge is 0.359 e. The molecular weight excluding hydrogens is 374 g/mol. The van der Waals surface area contributed by atoms with E-state index in [1.54, 1.807) is 7.05 Å². The predicted molar refractivity (Wildman–Crippen MR) is 116 cm³/mol. The standard InChI is InChI=1S/C24H27N5O/c1-25-23(30)24(10-6-12-29(17-24)16-21-8-4-5-11-28-21)13-19-7-2-3-9-22(19)20-14-26-18-27-15-20/h2-5,7-9,11,14-15,18H,6,10,12-13,16-17H2,1H3,(H,25,30)/t24-/m0/s1. The molecule has 30 heavy (non-hydrogen) atoms. The van der Waals surface area contributed by atoms with E-state index in [0.717, 1.165) is 48.3 Å². The maximum atomic E-state index is 13.2. The molecule has 0 spiro atoms. The van der Waals surface area contributed by atoms with E-state index in [1.807, 2.05) is 48.9 Å². The lowest BCUT2D eigenvalue weighted by Gasteiger charge is -2.42. The monoisotopic (exact) mass is 401 g/mol. The molecule has 1 amide bonds. The maximum absolute atomic E-state index is 13.2. The number of nitrogens with zero attached hydrogens (tertiary/aromatic N) is 4. The van der Waals surface area contributed by atoms with Crippen LogP contribution < -0.4 is 5.32 Å². The summed E-state index contributed by atoms with van der Waals surface area (Å²) in [5, 5.41) is 2.93. The third-order valence-corrected chi connectivity index (χ3v) is 5.89. The smallest absolute Gasteiger partial charge is 0.227 e. The fourth-order valence-corrected chi connectivity index (χ4v) is 4.52. The first-order valence-electron chi connectivity index (χ1n) is 10.4. The molecule has 1 aliphatic heterocycles. The highest BCUT2D eigenvalue weighted by molar-refractivity contribution is 5.83. The second-order valence-electron chi connectivity index (χ2n) is 7.96. The Labute approximate surface area is 177 Å².